The highest BCUT2D eigenvalue weighted by Crippen LogP contribution is 2.23. The Hall–Kier alpha value is -0.840. The van der Waals surface area contributed by atoms with Crippen LogP contribution in [0.4, 0.5) is 5.69 Å². The van der Waals surface area contributed by atoms with Crippen molar-refractivity contribution < 1.29 is 4.74 Å². The molecule has 3 nitrogen and oxygen atoms in total. The minimum atomic E-state index is 0.362. The number of benzene rings is 1. The molecule has 0 heterocycles. The van der Waals surface area contributed by atoms with Crippen molar-refractivity contribution in [2.24, 2.45) is 5.73 Å². The van der Waals surface area contributed by atoms with Gasteiger partial charge in [0.05, 0.1) is 0 Å². The predicted molar refractivity (Wildman–Crippen MR) is 77.1 cm³/mol. The van der Waals surface area contributed by atoms with E-state index in [1.165, 1.54) is 0 Å². The molecule has 0 fully saturated rings. The Morgan fingerprint density at radius 3 is 2.82 bits per heavy atom. The zero-order valence-corrected chi connectivity index (χ0v) is 11.6. The number of nitrogens with zero attached hydrogens (tertiary/aromatic N) is 1. The van der Waals surface area contributed by atoms with Gasteiger partial charge in [-0.05, 0) is 24.6 Å². The van der Waals surface area contributed by atoms with Crippen LogP contribution in [-0.4, -0.2) is 32.3 Å². The van der Waals surface area contributed by atoms with Gasteiger partial charge in [-0.1, -0.05) is 23.8 Å². The lowest BCUT2D eigenvalue weighted by Crippen LogP contribution is -2.23. The van der Waals surface area contributed by atoms with Gasteiger partial charge in [-0.15, -0.1) is 0 Å². The van der Waals surface area contributed by atoms with Gasteiger partial charge in [0.15, 0.2) is 0 Å². The van der Waals surface area contributed by atoms with Gasteiger partial charge in [0.1, 0.15) is 4.99 Å². The van der Waals surface area contributed by atoms with Crippen molar-refractivity contribution in [1.29, 1.82) is 0 Å². The number of rotatable bonds is 6. The first-order valence-electron chi connectivity index (χ1n) is 5.35. The van der Waals surface area contributed by atoms with Gasteiger partial charge < -0.3 is 15.4 Å². The third-order valence-corrected chi connectivity index (χ3v) is 2.93. The van der Waals surface area contributed by atoms with Crippen molar-refractivity contribution in [3.05, 3.63) is 28.8 Å². The maximum absolute atomic E-state index is 5.94. The van der Waals surface area contributed by atoms with E-state index in [4.69, 9.17) is 34.3 Å². The average molecular weight is 273 g/mol. The quantitative estimate of drug-likeness (QED) is 0.638. The predicted octanol–water partition coefficient (Wildman–Crippen LogP) is 2.45. The molecule has 0 spiro atoms. The lowest BCUT2D eigenvalue weighted by atomic mass is 10.1. The summed E-state index contributed by atoms with van der Waals surface area (Å²) in [5.74, 6) is 0. The molecule has 1 aromatic rings. The lowest BCUT2D eigenvalue weighted by Gasteiger charge is -2.22. The Kier molecular flexibility index (Phi) is 5.68. The van der Waals surface area contributed by atoms with Gasteiger partial charge in [0.25, 0.3) is 0 Å². The van der Waals surface area contributed by atoms with Gasteiger partial charge in [0, 0.05) is 43.6 Å². The summed E-state index contributed by atoms with van der Waals surface area (Å²) in [6.45, 7) is 1.62. The Morgan fingerprint density at radius 2 is 2.24 bits per heavy atom. The van der Waals surface area contributed by atoms with E-state index >= 15 is 0 Å². The van der Waals surface area contributed by atoms with Crippen molar-refractivity contribution >= 4 is 34.5 Å². The van der Waals surface area contributed by atoms with Crippen LogP contribution in [0.15, 0.2) is 18.2 Å². The number of thiocarbonyl (C=S) groups is 1. The number of hydrogen-bond acceptors (Lipinski definition) is 3. The molecule has 94 valence electrons. The van der Waals surface area contributed by atoms with E-state index in [2.05, 4.69) is 4.90 Å². The molecule has 0 radical (unpaired) electrons. The van der Waals surface area contributed by atoms with Crippen LogP contribution < -0.4 is 10.6 Å². The Bertz CT molecular complexity index is 398. The van der Waals surface area contributed by atoms with Crippen LogP contribution in [0.1, 0.15) is 12.0 Å². The lowest BCUT2D eigenvalue weighted by molar-refractivity contribution is 0.196. The molecule has 0 aliphatic rings. The maximum atomic E-state index is 5.94. The standard InChI is InChI=1S/C12H17ClN2OS/c1-15(6-3-7-16-2)11-5-4-9(13)8-10(11)12(14)17/h4-5,8H,3,6-7H2,1-2H3,(H2,14,17). The van der Waals surface area contributed by atoms with Crippen LogP contribution in [0, 0.1) is 0 Å². The van der Waals surface area contributed by atoms with Crippen molar-refractivity contribution in [2.75, 3.05) is 32.2 Å². The monoisotopic (exact) mass is 272 g/mol. The third-order valence-electron chi connectivity index (χ3n) is 2.48. The highest BCUT2D eigenvalue weighted by Gasteiger charge is 2.10. The van der Waals surface area contributed by atoms with Gasteiger partial charge in [-0.2, -0.15) is 0 Å². The molecule has 1 rings (SSSR count). The smallest absolute Gasteiger partial charge is 0.106 e. The van der Waals surface area contributed by atoms with E-state index in [9.17, 15) is 0 Å². The first-order chi connectivity index (χ1) is 8.06. The van der Waals surface area contributed by atoms with Crippen molar-refractivity contribution in [3.8, 4) is 0 Å². The number of halogens is 1. The second-order valence-corrected chi connectivity index (χ2v) is 4.67. The van der Waals surface area contributed by atoms with Crippen LogP contribution in [0.5, 0.6) is 0 Å². The number of nitrogens with two attached hydrogens (primary N) is 1. The molecule has 0 aromatic heterocycles. The minimum Gasteiger partial charge on any atom is -0.389 e. The fourth-order valence-electron chi connectivity index (χ4n) is 1.60. The van der Waals surface area contributed by atoms with Crippen molar-refractivity contribution in [2.45, 2.75) is 6.42 Å². The van der Waals surface area contributed by atoms with Crippen molar-refractivity contribution in [3.63, 3.8) is 0 Å². The van der Waals surface area contributed by atoms with E-state index in [0.29, 0.717) is 10.0 Å². The topological polar surface area (TPSA) is 38.5 Å². The molecule has 1 aromatic carbocycles. The average Bonchev–Trinajstić information content (AvgIpc) is 2.29. The third kappa shape index (κ3) is 4.15. The molecule has 0 atom stereocenters. The largest absolute Gasteiger partial charge is 0.389 e. The van der Waals surface area contributed by atoms with E-state index in [1.807, 2.05) is 19.2 Å². The molecule has 2 N–H and O–H groups in total. The van der Waals surface area contributed by atoms with Crippen LogP contribution in [0.25, 0.3) is 0 Å². The Labute approximate surface area is 112 Å². The minimum absolute atomic E-state index is 0.362. The molecular formula is C12H17ClN2OS. The van der Waals surface area contributed by atoms with Crippen LogP contribution in [0.3, 0.4) is 0 Å². The van der Waals surface area contributed by atoms with E-state index < -0.39 is 0 Å². The summed E-state index contributed by atoms with van der Waals surface area (Å²) < 4.78 is 5.03. The maximum Gasteiger partial charge on any atom is 0.106 e. The normalized spacial score (nSPS) is 10.3. The Balaban J connectivity index is 2.84. The summed E-state index contributed by atoms with van der Waals surface area (Å²) in [6.07, 6.45) is 0.951. The van der Waals surface area contributed by atoms with Crippen LogP contribution in [0.2, 0.25) is 5.02 Å². The first kappa shape index (κ1) is 14.2. The number of ether oxygens (including phenoxy) is 1. The summed E-state index contributed by atoms with van der Waals surface area (Å²) in [5.41, 5.74) is 7.51. The summed E-state index contributed by atoms with van der Waals surface area (Å²) in [6, 6.07) is 5.57. The first-order valence-corrected chi connectivity index (χ1v) is 6.14. The highest BCUT2D eigenvalue weighted by atomic mass is 35.5. The molecule has 0 bridgehead atoms. The molecular weight excluding hydrogens is 256 g/mol. The van der Waals surface area contributed by atoms with Crippen LogP contribution >= 0.6 is 23.8 Å². The molecule has 17 heavy (non-hydrogen) atoms. The molecule has 5 heteroatoms. The summed E-state index contributed by atoms with van der Waals surface area (Å²) in [5, 5.41) is 0.641. The molecule has 0 aliphatic carbocycles. The van der Waals surface area contributed by atoms with Crippen LogP contribution in [-0.2, 0) is 4.74 Å². The van der Waals surface area contributed by atoms with E-state index in [0.717, 1.165) is 30.8 Å². The van der Waals surface area contributed by atoms with Gasteiger partial charge in [0.2, 0.25) is 0 Å². The zero-order valence-electron chi connectivity index (χ0n) is 10.1. The highest BCUT2D eigenvalue weighted by molar-refractivity contribution is 7.80. The summed E-state index contributed by atoms with van der Waals surface area (Å²) in [7, 11) is 3.70. The second kappa shape index (κ2) is 6.79. The molecule has 0 amide bonds. The Morgan fingerprint density at radius 1 is 1.53 bits per heavy atom. The van der Waals surface area contributed by atoms with Gasteiger partial charge in [-0.25, -0.2) is 0 Å². The summed E-state index contributed by atoms with van der Waals surface area (Å²) in [4.78, 5) is 2.46. The van der Waals surface area contributed by atoms with E-state index in [-0.39, 0.29) is 0 Å². The zero-order chi connectivity index (χ0) is 12.8. The molecule has 0 saturated carbocycles. The fraction of sp³-hybridized carbons (Fsp3) is 0.417. The summed E-state index contributed by atoms with van der Waals surface area (Å²) >= 11 is 11.0. The number of methoxy groups -OCH3 is 1. The second-order valence-electron chi connectivity index (χ2n) is 3.79. The number of anilines is 1. The van der Waals surface area contributed by atoms with E-state index in [1.54, 1.807) is 13.2 Å². The fourth-order valence-corrected chi connectivity index (χ4v) is 1.94. The van der Waals surface area contributed by atoms with Gasteiger partial charge in [-0.3, -0.25) is 0 Å². The van der Waals surface area contributed by atoms with Gasteiger partial charge >= 0.3 is 0 Å². The number of hydrogen-bond donors (Lipinski definition) is 1. The molecule has 0 aliphatic heterocycles. The molecule has 0 unspecified atom stereocenters. The molecule has 0 saturated heterocycles. The van der Waals surface area contributed by atoms with Crippen molar-refractivity contribution in [1.82, 2.24) is 0 Å². The SMILES string of the molecule is COCCCN(C)c1ccc(Cl)cc1C(N)=S.